The fraction of sp³-hybridized carbons (Fsp3) is 0.455. The van der Waals surface area contributed by atoms with Crippen LogP contribution in [0.4, 0.5) is 5.69 Å². The zero-order valence-corrected chi connectivity index (χ0v) is 21.1. The van der Waals surface area contributed by atoms with Gasteiger partial charge in [0.2, 0.25) is 5.91 Å². The molecule has 32 heavy (non-hydrogen) atoms. The lowest BCUT2D eigenvalue weighted by molar-refractivity contribution is -0.384. The summed E-state index contributed by atoms with van der Waals surface area (Å²) in [6.45, 7) is 3.42. The van der Waals surface area contributed by atoms with E-state index in [1.54, 1.807) is 23.5 Å². The molecule has 1 aliphatic rings. The average molecular weight is 571 g/mol. The molecule has 2 heterocycles. The first-order chi connectivity index (χ1) is 15.1. The number of thiophene rings is 1. The van der Waals surface area contributed by atoms with Crippen molar-refractivity contribution in [3.05, 3.63) is 62.3 Å². The van der Waals surface area contributed by atoms with E-state index in [0.29, 0.717) is 32.0 Å². The van der Waals surface area contributed by atoms with E-state index in [4.69, 9.17) is 0 Å². The summed E-state index contributed by atoms with van der Waals surface area (Å²) in [5, 5.41) is 19.5. The quantitative estimate of drug-likeness (QED) is 0.117. The van der Waals surface area contributed by atoms with Crippen LogP contribution in [0.5, 0.6) is 0 Å². The van der Waals surface area contributed by atoms with Gasteiger partial charge in [0.05, 0.1) is 18.0 Å². The van der Waals surface area contributed by atoms with Crippen molar-refractivity contribution in [3.63, 3.8) is 0 Å². The van der Waals surface area contributed by atoms with Gasteiger partial charge in [-0.05, 0) is 36.3 Å². The van der Waals surface area contributed by atoms with Crippen molar-refractivity contribution in [2.45, 2.75) is 45.2 Å². The Hall–Kier alpha value is -2.21. The minimum atomic E-state index is -0.405. The highest BCUT2D eigenvalue weighted by molar-refractivity contribution is 14.0. The zero-order valence-electron chi connectivity index (χ0n) is 18.0. The molecule has 3 rings (SSSR count). The summed E-state index contributed by atoms with van der Waals surface area (Å²) in [5.41, 5.74) is 0.975. The summed E-state index contributed by atoms with van der Waals surface area (Å²) in [4.78, 5) is 30.3. The van der Waals surface area contributed by atoms with Crippen LogP contribution in [0.25, 0.3) is 0 Å². The lowest BCUT2D eigenvalue weighted by atomic mass is 10.2. The number of rotatable bonds is 9. The Balaban J connectivity index is 0.00000363. The van der Waals surface area contributed by atoms with Crippen molar-refractivity contribution in [1.82, 2.24) is 15.5 Å². The number of benzene rings is 1. The number of hydrogen-bond donors (Lipinski definition) is 2. The number of halogens is 1. The molecule has 0 spiro atoms. The molecule has 174 valence electrons. The van der Waals surface area contributed by atoms with Crippen LogP contribution in [0.2, 0.25) is 0 Å². The molecule has 2 N–H and O–H groups in total. The topological polar surface area (TPSA) is 99.9 Å². The second kappa shape index (κ2) is 14.0. The Bertz CT molecular complexity index is 874. The van der Waals surface area contributed by atoms with Gasteiger partial charge >= 0.3 is 0 Å². The molecule has 0 saturated carbocycles. The van der Waals surface area contributed by atoms with E-state index in [1.165, 1.54) is 17.0 Å². The van der Waals surface area contributed by atoms with Gasteiger partial charge in [-0.25, -0.2) is 4.99 Å². The molecular weight excluding hydrogens is 541 g/mol. The molecule has 0 radical (unpaired) electrons. The van der Waals surface area contributed by atoms with Crippen molar-refractivity contribution in [3.8, 4) is 0 Å². The molecule has 1 aromatic heterocycles. The van der Waals surface area contributed by atoms with Crippen molar-refractivity contribution in [2.24, 2.45) is 4.99 Å². The van der Waals surface area contributed by atoms with Crippen molar-refractivity contribution in [1.29, 1.82) is 0 Å². The Morgan fingerprint density at radius 3 is 2.69 bits per heavy atom. The first kappa shape index (κ1) is 26.0. The second-order valence-electron chi connectivity index (χ2n) is 7.49. The number of guanidine groups is 1. The SMILES string of the molecule is I.O=C1CCCCCN1CCCNC(=NCc1ccc([N+](=O)[O-])cc1)NCc1cccs1. The summed E-state index contributed by atoms with van der Waals surface area (Å²) >= 11 is 1.68. The van der Waals surface area contributed by atoms with Crippen LogP contribution in [0.1, 0.15) is 42.5 Å². The van der Waals surface area contributed by atoms with Crippen molar-refractivity contribution < 1.29 is 9.72 Å². The Kier molecular flexibility index (Phi) is 11.4. The van der Waals surface area contributed by atoms with Crippen molar-refractivity contribution in [2.75, 3.05) is 19.6 Å². The van der Waals surface area contributed by atoms with Crippen molar-refractivity contribution >= 4 is 52.9 Å². The molecule has 1 saturated heterocycles. The third-order valence-electron chi connectivity index (χ3n) is 5.15. The van der Waals surface area contributed by atoms with E-state index < -0.39 is 4.92 Å². The van der Waals surface area contributed by atoms with Crippen LogP contribution in [0, 0.1) is 10.1 Å². The molecule has 0 aliphatic carbocycles. The Morgan fingerprint density at radius 2 is 1.97 bits per heavy atom. The van der Waals surface area contributed by atoms with E-state index in [-0.39, 0.29) is 35.6 Å². The largest absolute Gasteiger partial charge is 0.356 e. The molecule has 0 atom stereocenters. The van der Waals surface area contributed by atoms with Crippen LogP contribution in [-0.2, 0) is 17.9 Å². The Labute approximate surface area is 209 Å². The Morgan fingerprint density at radius 1 is 1.16 bits per heavy atom. The fourth-order valence-electron chi connectivity index (χ4n) is 3.40. The highest BCUT2D eigenvalue weighted by Gasteiger charge is 2.15. The predicted molar refractivity (Wildman–Crippen MR) is 138 cm³/mol. The third-order valence-corrected chi connectivity index (χ3v) is 6.02. The van der Waals surface area contributed by atoms with E-state index in [0.717, 1.165) is 44.3 Å². The maximum atomic E-state index is 12.1. The number of carbonyl (C=O) groups is 1. The normalized spacial score (nSPS) is 14.4. The number of nitro groups is 1. The van der Waals surface area contributed by atoms with Gasteiger partial charge in [0.25, 0.3) is 5.69 Å². The van der Waals surface area contributed by atoms with Crippen LogP contribution in [0.3, 0.4) is 0 Å². The summed E-state index contributed by atoms with van der Waals surface area (Å²) in [5.74, 6) is 0.953. The minimum absolute atomic E-state index is 0. The summed E-state index contributed by atoms with van der Waals surface area (Å²) in [6.07, 6.45) is 4.73. The number of amides is 1. The summed E-state index contributed by atoms with van der Waals surface area (Å²) in [7, 11) is 0. The van der Waals surface area contributed by atoms with Gasteiger partial charge in [-0.15, -0.1) is 35.3 Å². The predicted octanol–water partition coefficient (Wildman–Crippen LogP) is 4.30. The lowest BCUT2D eigenvalue weighted by Crippen LogP contribution is -2.39. The van der Waals surface area contributed by atoms with E-state index in [9.17, 15) is 14.9 Å². The number of aliphatic imine (C=N–C) groups is 1. The van der Waals surface area contributed by atoms with Crippen LogP contribution >= 0.6 is 35.3 Å². The number of likely N-dealkylation sites (tertiary alicyclic amines) is 1. The number of non-ortho nitro benzene ring substituents is 1. The number of nitrogens with one attached hydrogen (secondary N) is 2. The van der Waals surface area contributed by atoms with E-state index in [2.05, 4.69) is 21.7 Å². The molecule has 1 aromatic carbocycles. The molecular formula is C22H30IN5O3S. The number of nitro benzene ring substituents is 1. The lowest BCUT2D eigenvalue weighted by Gasteiger charge is -2.21. The first-order valence-corrected chi connectivity index (χ1v) is 11.6. The molecule has 2 aromatic rings. The maximum absolute atomic E-state index is 12.1. The summed E-state index contributed by atoms with van der Waals surface area (Å²) in [6, 6.07) is 10.5. The van der Waals surface area contributed by atoms with E-state index in [1.807, 2.05) is 16.3 Å². The highest BCUT2D eigenvalue weighted by atomic mass is 127. The number of carbonyl (C=O) groups excluding carboxylic acids is 1. The second-order valence-corrected chi connectivity index (χ2v) is 8.53. The smallest absolute Gasteiger partial charge is 0.269 e. The molecule has 1 fully saturated rings. The van der Waals surface area contributed by atoms with Crippen LogP contribution in [-0.4, -0.2) is 41.3 Å². The molecule has 8 nitrogen and oxygen atoms in total. The molecule has 0 bridgehead atoms. The first-order valence-electron chi connectivity index (χ1n) is 10.7. The highest BCUT2D eigenvalue weighted by Crippen LogP contribution is 2.13. The molecule has 1 amide bonds. The van der Waals surface area contributed by atoms with E-state index >= 15 is 0 Å². The third kappa shape index (κ3) is 8.73. The van der Waals surface area contributed by atoms with Gasteiger partial charge in [0.1, 0.15) is 0 Å². The van der Waals surface area contributed by atoms with Gasteiger partial charge in [0, 0.05) is 43.1 Å². The minimum Gasteiger partial charge on any atom is -0.356 e. The van der Waals surface area contributed by atoms with Crippen LogP contribution < -0.4 is 10.6 Å². The number of hydrogen-bond acceptors (Lipinski definition) is 5. The van der Waals surface area contributed by atoms with Gasteiger partial charge in [-0.1, -0.05) is 24.6 Å². The summed E-state index contributed by atoms with van der Waals surface area (Å²) < 4.78 is 0. The number of nitrogens with zero attached hydrogens (tertiary/aromatic N) is 3. The standard InChI is InChI=1S/C22H29N5O3S.HI/c28-21-7-2-1-3-13-26(21)14-5-12-23-22(25-17-20-6-4-15-31-20)24-16-18-8-10-19(11-9-18)27(29)30;/h4,6,8-11,15H,1-3,5,7,12-14,16-17H2,(H2,23,24,25);1H. The van der Waals surface area contributed by atoms with Gasteiger partial charge < -0.3 is 15.5 Å². The zero-order chi connectivity index (χ0) is 21.9. The maximum Gasteiger partial charge on any atom is 0.269 e. The monoisotopic (exact) mass is 571 g/mol. The molecule has 0 unspecified atom stereocenters. The van der Waals surface area contributed by atoms with Crippen LogP contribution in [0.15, 0.2) is 46.8 Å². The van der Waals surface area contributed by atoms with Gasteiger partial charge in [0.15, 0.2) is 5.96 Å². The molecule has 1 aliphatic heterocycles. The fourth-order valence-corrected chi connectivity index (χ4v) is 4.05. The van der Waals surface area contributed by atoms with Gasteiger partial charge in [-0.2, -0.15) is 0 Å². The average Bonchev–Trinajstić information content (AvgIpc) is 3.21. The molecule has 10 heteroatoms. The van der Waals surface area contributed by atoms with Gasteiger partial charge in [-0.3, -0.25) is 14.9 Å².